The third-order valence-electron chi connectivity index (χ3n) is 7.04. The highest BCUT2D eigenvalue weighted by Gasteiger charge is 2.30. The number of aromatic nitrogens is 1. The number of rotatable bonds is 11. The summed E-state index contributed by atoms with van der Waals surface area (Å²) in [4.78, 5) is 46.7. The van der Waals surface area contributed by atoms with Crippen LogP contribution < -0.4 is 26.6 Å². The Labute approximate surface area is 259 Å². The number of halogens is 3. The average molecular weight is 631 g/mol. The molecule has 10 nitrogen and oxygen atoms in total. The molecule has 2 aromatic carbocycles. The standard InChI is InChI=1S/C30H34Cl2FN7O3/c31-23-8-7-20(24(32)17-23)16-26(38-27(41)9-10-34)29(42)40-14-12-39(13-15-40)28-22(5-3-11-35-28)19-37-30(43)36-18-21-4-1-2-6-25(21)33/h1-8,11,17,26H,9-10,12-16,18-19,34H2,(H,38,41)(H2,36,37,43)/t26-/m1/s1. The highest BCUT2D eigenvalue weighted by Crippen LogP contribution is 2.24. The number of benzene rings is 2. The van der Waals surface area contributed by atoms with Crippen LogP contribution in [0.5, 0.6) is 0 Å². The smallest absolute Gasteiger partial charge is 0.315 e. The maximum absolute atomic E-state index is 13.8. The van der Waals surface area contributed by atoms with Crippen LogP contribution in [0, 0.1) is 5.82 Å². The lowest BCUT2D eigenvalue weighted by Crippen LogP contribution is -2.56. The summed E-state index contributed by atoms with van der Waals surface area (Å²) in [6.07, 6.45) is 1.98. The molecule has 0 saturated carbocycles. The molecule has 13 heteroatoms. The van der Waals surface area contributed by atoms with Crippen molar-refractivity contribution in [3.05, 3.63) is 93.3 Å². The quantitative estimate of drug-likeness (QED) is 0.257. The van der Waals surface area contributed by atoms with Crippen LogP contribution in [0.15, 0.2) is 60.8 Å². The molecule has 0 unspecified atom stereocenters. The van der Waals surface area contributed by atoms with Crippen LogP contribution in [0.2, 0.25) is 10.0 Å². The summed E-state index contributed by atoms with van der Waals surface area (Å²) in [6.45, 7) is 2.25. The summed E-state index contributed by atoms with van der Waals surface area (Å²) in [5, 5.41) is 9.17. The van der Waals surface area contributed by atoms with Gasteiger partial charge in [-0.25, -0.2) is 14.2 Å². The molecule has 4 rings (SSSR count). The normalized spacial score (nSPS) is 13.8. The van der Waals surface area contributed by atoms with E-state index in [4.69, 9.17) is 28.9 Å². The van der Waals surface area contributed by atoms with Crippen molar-refractivity contribution in [3.8, 4) is 0 Å². The van der Waals surface area contributed by atoms with E-state index in [1.807, 2.05) is 6.07 Å². The molecule has 1 atom stereocenters. The molecule has 1 aliphatic heterocycles. The minimum absolute atomic E-state index is 0.0618. The van der Waals surface area contributed by atoms with Crippen molar-refractivity contribution >= 4 is 46.9 Å². The molecular formula is C30H34Cl2FN7O3. The molecule has 1 fully saturated rings. The fraction of sp³-hybridized carbons (Fsp3) is 0.333. The molecule has 3 aromatic rings. The lowest BCUT2D eigenvalue weighted by molar-refractivity contribution is -0.136. The fourth-order valence-corrected chi connectivity index (χ4v) is 5.26. The number of hydrogen-bond acceptors (Lipinski definition) is 6. The highest BCUT2D eigenvalue weighted by molar-refractivity contribution is 6.35. The maximum atomic E-state index is 13.8. The number of urea groups is 1. The molecule has 0 bridgehead atoms. The lowest BCUT2D eigenvalue weighted by Gasteiger charge is -2.37. The van der Waals surface area contributed by atoms with Crippen molar-refractivity contribution in [2.75, 3.05) is 37.6 Å². The van der Waals surface area contributed by atoms with E-state index in [1.54, 1.807) is 53.6 Å². The van der Waals surface area contributed by atoms with Gasteiger partial charge in [0.25, 0.3) is 0 Å². The third-order valence-corrected chi connectivity index (χ3v) is 7.63. The predicted octanol–water partition coefficient (Wildman–Crippen LogP) is 3.25. The number of nitrogens with two attached hydrogens (primary N) is 1. The summed E-state index contributed by atoms with van der Waals surface area (Å²) >= 11 is 12.4. The van der Waals surface area contributed by atoms with Gasteiger partial charge in [0, 0.05) is 86.0 Å². The van der Waals surface area contributed by atoms with E-state index in [2.05, 4.69) is 25.8 Å². The average Bonchev–Trinajstić information content (AvgIpc) is 3.00. The molecule has 2 heterocycles. The zero-order valence-corrected chi connectivity index (χ0v) is 25.0. The van der Waals surface area contributed by atoms with Gasteiger partial charge >= 0.3 is 6.03 Å². The molecule has 0 radical (unpaired) electrons. The van der Waals surface area contributed by atoms with Gasteiger partial charge in [-0.3, -0.25) is 9.59 Å². The van der Waals surface area contributed by atoms with E-state index in [0.717, 1.165) is 5.56 Å². The third kappa shape index (κ3) is 9.03. The molecule has 1 aromatic heterocycles. The number of nitrogens with one attached hydrogen (secondary N) is 3. The predicted molar refractivity (Wildman–Crippen MR) is 164 cm³/mol. The SMILES string of the molecule is NCCC(=O)N[C@H](Cc1ccc(Cl)cc1Cl)C(=O)N1CCN(c2ncccc2CNC(=O)NCc2ccccc2F)CC1. The summed E-state index contributed by atoms with van der Waals surface area (Å²) in [5.41, 5.74) is 7.43. The van der Waals surface area contributed by atoms with E-state index in [-0.39, 0.29) is 50.1 Å². The van der Waals surface area contributed by atoms with Crippen molar-refractivity contribution in [1.29, 1.82) is 0 Å². The molecule has 5 N–H and O–H groups in total. The Morgan fingerprint density at radius 1 is 0.930 bits per heavy atom. The van der Waals surface area contributed by atoms with Gasteiger partial charge in [-0.2, -0.15) is 0 Å². The van der Waals surface area contributed by atoms with Crippen molar-refractivity contribution < 1.29 is 18.8 Å². The molecular weight excluding hydrogens is 596 g/mol. The second-order valence-corrected chi connectivity index (χ2v) is 10.9. The van der Waals surface area contributed by atoms with E-state index in [0.29, 0.717) is 53.2 Å². The van der Waals surface area contributed by atoms with E-state index >= 15 is 0 Å². The van der Waals surface area contributed by atoms with Gasteiger partial charge in [0.05, 0.1) is 0 Å². The largest absolute Gasteiger partial charge is 0.353 e. The minimum atomic E-state index is -0.818. The van der Waals surface area contributed by atoms with Crippen LogP contribution in [-0.4, -0.2) is 66.5 Å². The molecule has 43 heavy (non-hydrogen) atoms. The van der Waals surface area contributed by atoms with E-state index in [1.165, 1.54) is 6.07 Å². The van der Waals surface area contributed by atoms with Crippen LogP contribution in [0.25, 0.3) is 0 Å². The summed E-state index contributed by atoms with van der Waals surface area (Å²) in [6, 6.07) is 13.7. The van der Waals surface area contributed by atoms with Crippen LogP contribution in [0.4, 0.5) is 15.0 Å². The van der Waals surface area contributed by atoms with Crippen LogP contribution in [0.1, 0.15) is 23.1 Å². The van der Waals surface area contributed by atoms with Crippen molar-refractivity contribution in [2.24, 2.45) is 5.73 Å². The first-order valence-corrected chi connectivity index (χ1v) is 14.7. The van der Waals surface area contributed by atoms with Crippen molar-refractivity contribution in [3.63, 3.8) is 0 Å². The van der Waals surface area contributed by atoms with Gasteiger partial charge in [-0.05, 0) is 29.8 Å². The molecule has 4 amide bonds. The molecule has 0 aliphatic carbocycles. The van der Waals surface area contributed by atoms with E-state index < -0.39 is 12.1 Å². The number of piperazine rings is 1. The second-order valence-electron chi connectivity index (χ2n) is 10.0. The van der Waals surface area contributed by atoms with Gasteiger partial charge in [-0.15, -0.1) is 0 Å². The topological polar surface area (TPSA) is 133 Å². The fourth-order valence-electron chi connectivity index (χ4n) is 4.77. The minimum Gasteiger partial charge on any atom is -0.353 e. The van der Waals surface area contributed by atoms with Crippen molar-refractivity contribution in [2.45, 2.75) is 32.0 Å². The Balaban J connectivity index is 1.35. The second kappa shape index (κ2) is 15.5. The molecule has 0 spiro atoms. The highest BCUT2D eigenvalue weighted by atomic mass is 35.5. The zero-order valence-electron chi connectivity index (χ0n) is 23.5. The summed E-state index contributed by atoms with van der Waals surface area (Å²) in [7, 11) is 0. The first kappa shape index (κ1) is 32.0. The molecule has 1 aliphatic rings. The number of amides is 4. The maximum Gasteiger partial charge on any atom is 0.315 e. The van der Waals surface area contributed by atoms with Gasteiger partial charge in [-0.1, -0.05) is 53.5 Å². The Morgan fingerprint density at radius 3 is 2.33 bits per heavy atom. The van der Waals surface area contributed by atoms with Gasteiger partial charge in [0.1, 0.15) is 17.7 Å². The lowest BCUT2D eigenvalue weighted by atomic mass is 10.0. The van der Waals surface area contributed by atoms with Gasteiger partial charge < -0.3 is 31.5 Å². The number of carbonyl (C=O) groups is 3. The van der Waals surface area contributed by atoms with Gasteiger partial charge in [0.15, 0.2) is 0 Å². The van der Waals surface area contributed by atoms with Crippen molar-refractivity contribution in [1.82, 2.24) is 25.8 Å². The summed E-state index contributed by atoms with van der Waals surface area (Å²) in [5.74, 6) is -0.212. The van der Waals surface area contributed by atoms with Crippen LogP contribution in [0.3, 0.4) is 0 Å². The van der Waals surface area contributed by atoms with E-state index in [9.17, 15) is 18.8 Å². The molecule has 228 valence electrons. The van der Waals surface area contributed by atoms with Crippen LogP contribution in [-0.2, 0) is 29.1 Å². The number of pyridine rings is 1. The Hall–Kier alpha value is -3.93. The number of anilines is 1. The number of nitrogens with zero attached hydrogens (tertiary/aromatic N) is 3. The number of hydrogen-bond donors (Lipinski definition) is 4. The first-order chi connectivity index (χ1) is 20.7. The first-order valence-electron chi connectivity index (χ1n) is 13.9. The monoisotopic (exact) mass is 629 g/mol. The Morgan fingerprint density at radius 2 is 1.63 bits per heavy atom. The Kier molecular flexibility index (Phi) is 11.5. The van der Waals surface area contributed by atoms with Gasteiger partial charge in [0.2, 0.25) is 11.8 Å². The summed E-state index contributed by atoms with van der Waals surface area (Å²) < 4.78 is 13.8. The zero-order chi connectivity index (χ0) is 30.8. The molecule has 1 saturated heterocycles. The van der Waals surface area contributed by atoms with Crippen LogP contribution >= 0.6 is 23.2 Å². The number of carbonyl (C=O) groups excluding carboxylic acids is 3. The Bertz CT molecular complexity index is 1440.